The molecule has 7 atom stereocenters. The molecule has 3 aliphatic carbocycles. The van der Waals surface area contributed by atoms with Gasteiger partial charge >= 0.3 is 11.9 Å². The van der Waals surface area contributed by atoms with Crippen molar-refractivity contribution in [3.8, 4) is 17.2 Å². The second-order valence-electron chi connectivity index (χ2n) is 20.2. The fraction of sp³-hybridized carbons (Fsp3) is 0.580. The van der Waals surface area contributed by atoms with Gasteiger partial charge in [-0.3, -0.25) is 19.2 Å². The van der Waals surface area contributed by atoms with E-state index < -0.39 is 63.9 Å². The SMILES string of the molecule is COC(=O)/C(C)=C\CC12OC(C)(C)C3CC(C1=O)C(n1cnc(N)n1)C1C(=O)c4c(OC(=O)CCC(=O)N5CCN(C)CC5)c5c(c(CC=C(C)C)c4OC132)OC(C)(CCC=C(C)C)C=C5. The number of piperazine rings is 1. The number of aromatic nitrogens is 3. The lowest BCUT2D eigenvalue weighted by Gasteiger charge is -2.62. The molecule has 9 rings (SSSR count). The number of likely N-dealkylation sites (N-methyl/N-ethyl adjacent to an activating group) is 1. The van der Waals surface area contributed by atoms with E-state index in [0.29, 0.717) is 36.4 Å². The van der Waals surface area contributed by atoms with Gasteiger partial charge in [-0.25, -0.2) is 14.5 Å². The van der Waals surface area contributed by atoms with Crippen LogP contribution in [0.1, 0.15) is 121 Å². The molecular formula is C50H64N6O10. The Kier molecular flexibility index (Phi) is 12.2. The molecule has 0 radical (unpaired) electrons. The summed E-state index contributed by atoms with van der Waals surface area (Å²) in [4.78, 5) is 80.4. The van der Waals surface area contributed by atoms with Crippen molar-refractivity contribution >= 4 is 41.4 Å². The summed E-state index contributed by atoms with van der Waals surface area (Å²) in [6, 6.07) is -0.928. The second-order valence-corrected chi connectivity index (χ2v) is 20.2. The maximum absolute atomic E-state index is 16.3. The number of fused-ring (bicyclic) bond motifs is 2. The monoisotopic (exact) mass is 908 g/mol. The number of hydrogen-bond acceptors (Lipinski definition) is 14. The van der Waals surface area contributed by atoms with E-state index in [9.17, 15) is 14.4 Å². The molecule has 7 unspecified atom stereocenters. The molecule has 66 heavy (non-hydrogen) atoms. The van der Waals surface area contributed by atoms with Crippen LogP contribution in [0.3, 0.4) is 0 Å². The fourth-order valence-corrected chi connectivity index (χ4v) is 11.4. The number of rotatable bonds is 13. The maximum Gasteiger partial charge on any atom is 0.333 e. The molecule has 7 aliphatic rings. The van der Waals surface area contributed by atoms with Crippen molar-refractivity contribution in [2.45, 2.75) is 129 Å². The highest BCUT2D eigenvalue weighted by atomic mass is 16.6. The van der Waals surface area contributed by atoms with Crippen LogP contribution < -0.4 is 19.9 Å². The zero-order valence-electron chi connectivity index (χ0n) is 39.9. The zero-order valence-corrected chi connectivity index (χ0v) is 39.9. The first-order chi connectivity index (χ1) is 31.2. The fourth-order valence-electron chi connectivity index (χ4n) is 11.4. The lowest BCUT2D eigenvalue weighted by molar-refractivity contribution is -0.209. The first kappa shape index (κ1) is 46.9. The van der Waals surface area contributed by atoms with Gasteiger partial charge in [-0.1, -0.05) is 29.4 Å². The molecule has 5 fully saturated rings. The number of benzene rings is 1. The molecule has 1 spiro atoms. The number of esters is 2. The van der Waals surface area contributed by atoms with Crippen molar-refractivity contribution in [1.29, 1.82) is 0 Å². The number of methoxy groups -OCH3 is 1. The topological polar surface area (TPSA) is 195 Å². The van der Waals surface area contributed by atoms with Gasteiger partial charge in [-0.05, 0) is 100 Å². The molecule has 354 valence electrons. The van der Waals surface area contributed by atoms with Gasteiger partial charge in [0.25, 0.3) is 0 Å². The van der Waals surface area contributed by atoms with E-state index >= 15 is 9.59 Å². The summed E-state index contributed by atoms with van der Waals surface area (Å²) in [5.74, 6) is -4.27. The Morgan fingerprint density at radius 1 is 0.955 bits per heavy atom. The van der Waals surface area contributed by atoms with Gasteiger partial charge in [-0.15, -0.1) is 5.10 Å². The predicted molar refractivity (Wildman–Crippen MR) is 245 cm³/mol. The maximum atomic E-state index is 16.3. The number of amides is 1. The van der Waals surface area contributed by atoms with Crippen LogP contribution in [0.15, 0.2) is 47.4 Å². The number of ether oxygens (including phenoxy) is 5. The molecule has 2 saturated heterocycles. The molecule has 1 aromatic carbocycles. The van der Waals surface area contributed by atoms with Gasteiger partial charge < -0.3 is 39.2 Å². The van der Waals surface area contributed by atoms with Gasteiger partial charge in [0.05, 0.1) is 36.7 Å². The van der Waals surface area contributed by atoms with Crippen LogP contribution in [0, 0.1) is 17.8 Å². The Balaban J connectivity index is 1.35. The predicted octanol–water partition coefficient (Wildman–Crippen LogP) is 6.19. The molecule has 2 N–H and O–H groups in total. The minimum atomic E-state index is -1.77. The standard InChI is InChI=1S/C50H64N6O10/c1-28(2)12-11-19-48(8)20-18-32-41(64-48)31(14-13-29(3)4)43-37(42(32)63-36(58)16-15-35(57)55-24-22-54(9)23-25-55)40(59)38-39(56-27-52-46(51)53-56)33-26-34-47(6,7)66-49(44(33)60,50(34,38)65-43)21-17-30(5)45(61)62-10/h12-13,17-18,20,27,33-34,38-39H,11,14-16,19,21-26H2,1-10H3,(H2,51,53)/b30-17-. The Morgan fingerprint density at radius 2 is 1.67 bits per heavy atom. The molecule has 4 bridgehead atoms. The largest absolute Gasteiger partial charge is 0.482 e. The summed E-state index contributed by atoms with van der Waals surface area (Å²) in [5.41, 5.74) is 4.21. The lowest BCUT2D eigenvalue weighted by atomic mass is 9.45. The van der Waals surface area contributed by atoms with Crippen LogP contribution in [0.4, 0.5) is 5.95 Å². The molecule has 16 heteroatoms. The number of hydrogen-bond donors (Lipinski definition) is 1. The molecule has 5 heterocycles. The van der Waals surface area contributed by atoms with Gasteiger partial charge in [0.15, 0.2) is 28.5 Å². The average Bonchev–Trinajstić information content (AvgIpc) is 3.75. The smallest absolute Gasteiger partial charge is 0.333 e. The normalized spacial score (nSPS) is 29.2. The van der Waals surface area contributed by atoms with E-state index in [4.69, 9.17) is 29.4 Å². The van der Waals surface area contributed by atoms with Crippen LogP contribution in [-0.4, -0.2) is 117 Å². The number of ketones is 2. The van der Waals surface area contributed by atoms with Crippen molar-refractivity contribution < 1.29 is 47.7 Å². The van der Waals surface area contributed by atoms with E-state index in [-0.39, 0.29) is 72.4 Å². The van der Waals surface area contributed by atoms with Crippen molar-refractivity contribution in [2.75, 3.05) is 46.1 Å². The quantitative estimate of drug-likeness (QED) is 0.104. The second kappa shape index (κ2) is 17.2. The molecular weight excluding hydrogens is 845 g/mol. The number of nitrogens with zero attached hydrogens (tertiary/aromatic N) is 5. The summed E-state index contributed by atoms with van der Waals surface area (Å²) < 4.78 is 34.7. The highest BCUT2D eigenvalue weighted by Gasteiger charge is 2.86. The molecule has 3 saturated carbocycles. The average molecular weight is 909 g/mol. The number of carbonyl (C=O) groups excluding carboxylic acids is 5. The zero-order chi connectivity index (χ0) is 47.7. The summed E-state index contributed by atoms with van der Waals surface area (Å²) >= 11 is 0. The first-order valence-corrected chi connectivity index (χ1v) is 23.1. The number of Topliss-reactive ketones (excluding diaryl/α,β-unsaturated/α-hetero) is 2. The van der Waals surface area contributed by atoms with E-state index in [2.05, 4.69) is 21.1 Å². The van der Waals surface area contributed by atoms with Crippen molar-refractivity contribution in [1.82, 2.24) is 24.6 Å². The van der Waals surface area contributed by atoms with E-state index in [1.54, 1.807) is 17.9 Å². The van der Waals surface area contributed by atoms with Crippen molar-refractivity contribution in [3.05, 3.63) is 64.0 Å². The number of nitrogen functional groups attached to an aromatic ring is 1. The summed E-state index contributed by atoms with van der Waals surface area (Å²) in [6.07, 6.45) is 12.5. The van der Waals surface area contributed by atoms with Crippen molar-refractivity contribution in [2.24, 2.45) is 17.8 Å². The summed E-state index contributed by atoms with van der Waals surface area (Å²) in [7, 11) is 3.29. The molecule has 4 aliphatic heterocycles. The van der Waals surface area contributed by atoms with Gasteiger partial charge in [0.2, 0.25) is 11.9 Å². The minimum absolute atomic E-state index is 0.0217. The van der Waals surface area contributed by atoms with Gasteiger partial charge in [0.1, 0.15) is 29.0 Å². The highest BCUT2D eigenvalue weighted by Crippen LogP contribution is 2.72. The summed E-state index contributed by atoms with van der Waals surface area (Å²) in [5, 5.41) is 4.49. The van der Waals surface area contributed by atoms with Crippen LogP contribution >= 0.6 is 0 Å². The third-order valence-corrected chi connectivity index (χ3v) is 14.7. The minimum Gasteiger partial charge on any atom is -0.482 e. The molecule has 1 aromatic heterocycles. The Bertz CT molecular complexity index is 2490. The van der Waals surface area contributed by atoms with E-state index in [1.807, 2.05) is 73.7 Å². The Labute approximate surface area is 386 Å². The third kappa shape index (κ3) is 7.76. The Morgan fingerprint density at radius 3 is 2.32 bits per heavy atom. The van der Waals surface area contributed by atoms with Crippen LogP contribution in [-0.2, 0) is 35.1 Å². The van der Waals surface area contributed by atoms with Crippen molar-refractivity contribution in [3.63, 3.8) is 0 Å². The lowest BCUT2D eigenvalue weighted by Crippen LogP contribution is -2.78. The molecule has 2 aromatic rings. The summed E-state index contributed by atoms with van der Waals surface area (Å²) in [6.45, 7) is 18.0. The number of allylic oxidation sites excluding steroid dienone is 4. The van der Waals surface area contributed by atoms with Crippen LogP contribution in [0.2, 0.25) is 0 Å². The van der Waals surface area contributed by atoms with Crippen LogP contribution in [0.5, 0.6) is 17.2 Å². The van der Waals surface area contributed by atoms with Gasteiger partial charge in [0, 0.05) is 62.0 Å². The number of anilines is 1. The number of nitrogens with two attached hydrogens (primary N) is 1. The highest BCUT2D eigenvalue weighted by molar-refractivity contribution is 6.11. The third-order valence-electron chi connectivity index (χ3n) is 14.7. The van der Waals surface area contributed by atoms with E-state index in [0.717, 1.165) is 25.1 Å². The first-order valence-electron chi connectivity index (χ1n) is 23.1. The van der Waals surface area contributed by atoms with Crippen LogP contribution in [0.25, 0.3) is 6.08 Å². The molecule has 16 nitrogen and oxygen atoms in total. The number of carbonyl (C=O) groups is 5. The Hall–Kier alpha value is -5.61. The molecule has 1 amide bonds. The van der Waals surface area contributed by atoms with Gasteiger partial charge in [-0.2, -0.15) is 0 Å². The van der Waals surface area contributed by atoms with E-state index in [1.165, 1.54) is 23.7 Å².